The average molecular weight is 615 g/mol. The molecular formula is C35H50O9. The molecule has 3 fully saturated rings. The standard InChI is InChI=1S/C35H50O9/c1-8-19(2)30-23(6)15-28(36)34(44-30)17-26-16-25(43-34)13-12-21(4)29(37)20(3)10-9-11-24-18-41-32-31(40-7)22(5)14-27(33(38)42-26)35(24,32)39/h8-12,14,20,23,25-32,36-37,39H,13,15-18H2,1-7H3/b10-9-,19-8+,21-12-,24-11-/t20-,23-,25+,26-,27-,28+,29+,30+,31+,32+,34-,35+/m0/s1. The summed E-state index contributed by atoms with van der Waals surface area (Å²) < 4.78 is 31.3. The van der Waals surface area contributed by atoms with E-state index >= 15 is 0 Å². The molecule has 12 atom stereocenters. The summed E-state index contributed by atoms with van der Waals surface area (Å²) in [5, 5.41) is 34.9. The van der Waals surface area contributed by atoms with Gasteiger partial charge in [0.15, 0.2) is 5.79 Å². The van der Waals surface area contributed by atoms with Crippen LogP contribution >= 0.6 is 0 Å². The van der Waals surface area contributed by atoms with Gasteiger partial charge in [0, 0.05) is 25.9 Å². The van der Waals surface area contributed by atoms with Crippen LogP contribution < -0.4 is 0 Å². The maximum absolute atomic E-state index is 14.1. The Balaban J connectivity index is 1.57. The Kier molecular flexibility index (Phi) is 9.79. The van der Waals surface area contributed by atoms with Crippen LogP contribution in [0.3, 0.4) is 0 Å². The molecule has 9 nitrogen and oxygen atoms in total. The SMILES string of the molecule is C/C=C(\C)[C@H]1O[C@@]2(C[C@@H]3C[C@@H](C/C=C(/C)[C@H](O)[C@@H](C)/C=C\C=C4\CO[C@@H]5[C@H](OC)C(C)=C[C@@H](C(=O)O3)[C@]45O)O2)[C@H](O)C[C@@H]1C. The lowest BCUT2D eigenvalue weighted by molar-refractivity contribution is -0.363. The minimum Gasteiger partial charge on any atom is -0.462 e. The number of ether oxygens (including phenoxy) is 5. The zero-order valence-electron chi connectivity index (χ0n) is 27.1. The number of aliphatic hydroxyl groups excluding tert-OH is 2. The number of fused-ring (bicyclic) bond motifs is 2. The number of hydrogen-bond donors (Lipinski definition) is 3. The van der Waals surface area contributed by atoms with Crippen LogP contribution in [-0.4, -0.2) is 89.1 Å². The van der Waals surface area contributed by atoms with Crippen LogP contribution in [0.4, 0.5) is 0 Å². The van der Waals surface area contributed by atoms with Gasteiger partial charge in [0.2, 0.25) is 0 Å². The lowest BCUT2D eigenvalue weighted by atomic mass is 9.70. The smallest absolute Gasteiger partial charge is 0.316 e. The van der Waals surface area contributed by atoms with E-state index in [1.165, 1.54) is 0 Å². The molecule has 0 unspecified atom stereocenters. The largest absolute Gasteiger partial charge is 0.462 e. The van der Waals surface area contributed by atoms with Crippen molar-refractivity contribution in [2.24, 2.45) is 17.8 Å². The van der Waals surface area contributed by atoms with Gasteiger partial charge in [0.1, 0.15) is 35.9 Å². The van der Waals surface area contributed by atoms with Gasteiger partial charge < -0.3 is 39.0 Å². The molecule has 0 aromatic carbocycles. The van der Waals surface area contributed by atoms with Gasteiger partial charge in [0.25, 0.3) is 0 Å². The predicted molar refractivity (Wildman–Crippen MR) is 164 cm³/mol. The van der Waals surface area contributed by atoms with E-state index in [4.69, 9.17) is 23.7 Å². The summed E-state index contributed by atoms with van der Waals surface area (Å²) in [5.41, 5.74) is 1.46. The average Bonchev–Trinajstić information content (AvgIpc) is 3.32. The maximum Gasteiger partial charge on any atom is 0.316 e. The summed E-state index contributed by atoms with van der Waals surface area (Å²) >= 11 is 0. The van der Waals surface area contributed by atoms with E-state index in [0.717, 1.165) is 16.7 Å². The molecule has 0 saturated carbocycles. The Morgan fingerprint density at radius 3 is 2.57 bits per heavy atom. The third-order valence-corrected chi connectivity index (χ3v) is 10.4. The zero-order chi connectivity index (χ0) is 32.0. The molecule has 0 aromatic rings. The number of carbonyl (C=O) groups is 1. The molecule has 9 heteroatoms. The third kappa shape index (κ3) is 5.93. The first-order valence-corrected chi connectivity index (χ1v) is 16.0. The van der Waals surface area contributed by atoms with E-state index in [1.54, 1.807) is 25.3 Å². The third-order valence-electron chi connectivity index (χ3n) is 10.4. The molecule has 4 aliphatic heterocycles. The van der Waals surface area contributed by atoms with E-state index in [2.05, 4.69) is 6.92 Å². The van der Waals surface area contributed by atoms with Gasteiger partial charge in [-0.1, -0.05) is 50.3 Å². The fourth-order valence-electron chi connectivity index (χ4n) is 7.67. The van der Waals surface area contributed by atoms with Gasteiger partial charge in [-0.2, -0.15) is 0 Å². The van der Waals surface area contributed by atoms with Crippen molar-refractivity contribution in [2.45, 2.75) is 121 Å². The summed E-state index contributed by atoms with van der Waals surface area (Å²) in [6, 6.07) is 0. The molecule has 5 aliphatic rings. The number of carbonyl (C=O) groups excluding carboxylic acids is 1. The van der Waals surface area contributed by atoms with E-state index in [9.17, 15) is 20.1 Å². The minimum atomic E-state index is -1.69. The van der Waals surface area contributed by atoms with Crippen molar-refractivity contribution >= 4 is 5.97 Å². The first-order chi connectivity index (χ1) is 20.8. The molecule has 5 rings (SSSR count). The number of aliphatic hydroxyl groups is 3. The highest BCUT2D eigenvalue weighted by atomic mass is 16.7. The van der Waals surface area contributed by atoms with Crippen molar-refractivity contribution in [2.75, 3.05) is 13.7 Å². The van der Waals surface area contributed by atoms with Gasteiger partial charge in [-0.25, -0.2) is 0 Å². The van der Waals surface area contributed by atoms with Crippen LogP contribution in [0.5, 0.6) is 0 Å². The van der Waals surface area contributed by atoms with Crippen LogP contribution in [0.1, 0.15) is 67.2 Å². The predicted octanol–water partition coefficient (Wildman–Crippen LogP) is 4.08. The van der Waals surface area contributed by atoms with Crippen molar-refractivity contribution in [1.82, 2.24) is 0 Å². The highest BCUT2D eigenvalue weighted by Crippen LogP contribution is 2.48. The Morgan fingerprint density at radius 1 is 1.11 bits per heavy atom. The normalized spacial score (nSPS) is 48.4. The molecule has 3 N–H and O–H groups in total. The first kappa shape index (κ1) is 33.3. The Morgan fingerprint density at radius 2 is 1.86 bits per heavy atom. The van der Waals surface area contributed by atoms with Gasteiger partial charge in [-0.05, 0) is 68.7 Å². The molecule has 1 aliphatic carbocycles. The number of allylic oxidation sites excluding steroid dienone is 3. The summed E-state index contributed by atoms with van der Waals surface area (Å²) in [7, 11) is 1.56. The molecule has 0 amide bonds. The van der Waals surface area contributed by atoms with E-state index in [1.807, 2.05) is 52.8 Å². The molecule has 3 saturated heterocycles. The molecule has 44 heavy (non-hydrogen) atoms. The van der Waals surface area contributed by atoms with Crippen molar-refractivity contribution in [3.05, 3.63) is 58.7 Å². The fourth-order valence-corrected chi connectivity index (χ4v) is 7.67. The summed E-state index contributed by atoms with van der Waals surface area (Å²) in [4.78, 5) is 14.1. The Bertz CT molecular complexity index is 1250. The lowest BCUT2D eigenvalue weighted by Crippen LogP contribution is -2.62. The topological polar surface area (TPSA) is 124 Å². The fraction of sp³-hybridized carbons (Fsp3) is 0.686. The molecule has 0 aromatic heterocycles. The van der Waals surface area contributed by atoms with E-state index < -0.39 is 59.9 Å². The van der Waals surface area contributed by atoms with E-state index in [-0.39, 0.29) is 31.0 Å². The number of rotatable bonds is 2. The zero-order valence-corrected chi connectivity index (χ0v) is 27.1. The molecular weight excluding hydrogens is 564 g/mol. The first-order valence-electron chi connectivity index (χ1n) is 16.0. The highest BCUT2D eigenvalue weighted by molar-refractivity contribution is 5.78. The van der Waals surface area contributed by atoms with Crippen LogP contribution in [0.2, 0.25) is 0 Å². The minimum absolute atomic E-state index is 0.0667. The summed E-state index contributed by atoms with van der Waals surface area (Å²) in [5.74, 6) is -3.14. The molecule has 244 valence electrons. The van der Waals surface area contributed by atoms with Gasteiger partial charge in [-0.3, -0.25) is 4.79 Å². The van der Waals surface area contributed by atoms with Crippen molar-refractivity contribution < 1.29 is 43.8 Å². The van der Waals surface area contributed by atoms with Crippen molar-refractivity contribution in [1.29, 1.82) is 0 Å². The second kappa shape index (κ2) is 12.9. The number of esters is 1. The van der Waals surface area contributed by atoms with Crippen molar-refractivity contribution in [3.63, 3.8) is 0 Å². The monoisotopic (exact) mass is 614 g/mol. The van der Waals surface area contributed by atoms with Crippen LogP contribution in [0.25, 0.3) is 0 Å². The lowest BCUT2D eigenvalue weighted by Gasteiger charge is -2.52. The number of hydrogen-bond acceptors (Lipinski definition) is 9. The van der Waals surface area contributed by atoms with Gasteiger partial charge in [0.05, 0.1) is 24.9 Å². The van der Waals surface area contributed by atoms with Crippen molar-refractivity contribution in [3.8, 4) is 0 Å². The Hall–Kier alpha value is -2.11. The molecule has 4 heterocycles. The van der Waals surface area contributed by atoms with E-state index in [0.29, 0.717) is 24.8 Å². The summed E-state index contributed by atoms with van der Waals surface area (Å²) in [6.07, 6.45) is 8.23. The van der Waals surface area contributed by atoms with Crippen LogP contribution in [0, 0.1) is 17.8 Å². The quantitative estimate of drug-likeness (QED) is 0.312. The highest BCUT2D eigenvalue weighted by Gasteiger charge is 2.61. The maximum atomic E-state index is 14.1. The van der Waals surface area contributed by atoms with Gasteiger partial charge >= 0.3 is 5.97 Å². The number of methoxy groups -OCH3 is 1. The second-order valence-electron chi connectivity index (χ2n) is 13.5. The Labute approximate surface area is 261 Å². The van der Waals surface area contributed by atoms with Crippen LogP contribution in [-0.2, 0) is 28.5 Å². The molecule has 0 radical (unpaired) electrons. The van der Waals surface area contributed by atoms with Crippen LogP contribution in [0.15, 0.2) is 58.7 Å². The second-order valence-corrected chi connectivity index (χ2v) is 13.5. The van der Waals surface area contributed by atoms with Gasteiger partial charge in [-0.15, -0.1) is 0 Å². The summed E-state index contributed by atoms with van der Waals surface area (Å²) in [6.45, 7) is 11.8. The molecule has 2 bridgehead atoms. The molecule has 1 spiro atoms.